The minimum absolute atomic E-state index is 0.111. The summed E-state index contributed by atoms with van der Waals surface area (Å²) in [6.07, 6.45) is 0. The van der Waals surface area contributed by atoms with Crippen LogP contribution in [0.4, 0.5) is 17.1 Å². The van der Waals surface area contributed by atoms with E-state index in [9.17, 15) is 0 Å². The Labute approximate surface area is 332 Å². The first-order valence-corrected chi connectivity index (χ1v) is 19.8. The third-order valence-electron chi connectivity index (χ3n) is 12.1. The highest BCUT2D eigenvalue weighted by atomic mass is 16.3. The van der Waals surface area contributed by atoms with E-state index in [0.29, 0.717) is 0 Å². The van der Waals surface area contributed by atoms with Gasteiger partial charge in [0.25, 0.3) is 0 Å². The number of para-hydroxylation sites is 3. The second kappa shape index (κ2) is 13.0. The van der Waals surface area contributed by atoms with Gasteiger partial charge < -0.3 is 9.32 Å². The quantitative estimate of drug-likeness (QED) is 0.169. The predicted octanol–water partition coefficient (Wildman–Crippen LogP) is 15.5. The standard InChI is InChI=1S/C55H39NO/c1-55(2)46-28-12-8-25-44(46)52-42(26-16-29-47(52)55)40-23-10-14-31-49(40)56(48-30-13-9-21-38(48)36-18-4-3-5-19-36)50-32-15-11-24-41(50)43-27-17-33-51-53(43)45-35-34-37-20-6-7-22-39(37)54(45)57-51/h3-35H,1-2H3. The van der Waals surface area contributed by atoms with Gasteiger partial charge in [-0.15, -0.1) is 0 Å². The lowest BCUT2D eigenvalue weighted by Gasteiger charge is -2.32. The van der Waals surface area contributed by atoms with E-state index in [2.05, 4.69) is 219 Å². The van der Waals surface area contributed by atoms with Gasteiger partial charge in [-0.2, -0.15) is 0 Å². The van der Waals surface area contributed by atoms with E-state index in [1.165, 1.54) is 44.3 Å². The second-order valence-corrected chi connectivity index (χ2v) is 15.6. The molecular weight excluding hydrogens is 691 g/mol. The van der Waals surface area contributed by atoms with E-state index >= 15 is 0 Å². The zero-order chi connectivity index (χ0) is 38.1. The Morgan fingerprint density at radius 3 is 1.70 bits per heavy atom. The summed E-state index contributed by atoms with van der Waals surface area (Å²) in [6, 6.07) is 72.6. The molecule has 0 fully saturated rings. The highest BCUT2D eigenvalue weighted by molar-refractivity contribution is 6.20. The Kier molecular flexibility index (Phi) is 7.55. The van der Waals surface area contributed by atoms with Crippen molar-refractivity contribution < 1.29 is 4.42 Å². The molecule has 0 unspecified atom stereocenters. The lowest BCUT2D eigenvalue weighted by atomic mass is 9.82. The van der Waals surface area contributed by atoms with Crippen LogP contribution in [0.25, 0.3) is 77.2 Å². The molecule has 0 saturated heterocycles. The molecule has 270 valence electrons. The van der Waals surface area contributed by atoms with Crippen LogP contribution < -0.4 is 4.90 Å². The molecular formula is C55H39NO. The highest BCUT2D eigenvalue weighted by Gasteiger charge is 2.37. The first-order chi connectivity index (χ1) is 28.1. The average Bonchev–Trinajstić information content (AvgIpc) is 3.77. The van der Waals surface area contributed by atoms with Crippen LogP contribution in [0.5, 0.6) is 0 Å². The van der Waals surface area contributed by atoms with Crippen molar-refractivity contribution in [3.63, 3.8) is 0 Å². The maximum absolute atomic E-state index is 6.73. The molecule has 0 atom stereocenters. The Balaban J connectivity index is 1.21. The molecule has 2 nitrogen and oxygen atoms in total. The number of furan rings is 1. The van der Waals surface area contributed by atoms with E-state index in [4.69, 9.17) is 4.42 Å². The molecule has 10 aromatic rings. The normalized spacial score (nSPS) is 12.9. The maximum atomic E-state index is 6.73. The van der Waals surface area contributed by atoms with Crippen molar-refractivity contribution in [2.75, 3.05) is 4.90 Å². The van der Waals surface area contributed by atoms with Crippen LogP contribution in [-0.4, -0.2) is 0 Å². The van der Waals surface area contributed by atoms with Crippen LogP contribution in [0, 0.1) is 0 Å². The van der Waals surface area contributed by atoms with E-state index < -0.39 is 0 Å². The Bertz CT molecular complexity index is 3170. The maximum Gasteiger partial charge on any atom is 0.143 e. The van der Waals surface area contributed by atoms with Crippen LogP contribution >= 0.6 is 0 Å². The van der Waals surface area contributed by atoms with Gasteiger partial charge in [0.05, 0.1) is 17.1 Å². The third kappa shape index (κ3) is 5.11. The third-order valence-corrected chi connectivity index (χ3v) is 12.1. The molecule has 1 aromatic heterocycles. The van der Waals surface area contributed by atoms with E-state index in [-0.39, 0.29) is 5.41 Å². The van der Waals surface area contributed by atoms with Crippen molar-refractivity contribution in [2.45, 2.75) is 19.3 Å². The van der Waals surface area contributed by atoms with Crippen LogP contribution in [0.3, 0.4) is 0 Å². The fourth-order valence-electron chi connectivity index (χ4n) is 9.47. The number of nitrogens with zero attached hydrogens (tertiary/aromatic N) is 1. The molecule has 0 N–H and O–H groups in total. The molecule has 11 rings (SSSR count). The lowest BCUT2D eigenvalue weighted by Crippen LogP contribution is -2.15. The summed E-state index contributed by atoms with van der Waals surface area (Å²) < 4.78 is 6.73. The van der Waals surface area contributed by atoms with E-state index in [0.717, 1.165) is 61.1 Å². The van der Waals surface area contributed by atoms with Gasteiger partial charge in [0, 0.05) is 38.3 Å². The van der Waals surface area contributed by atoms with Crippen LogP contribution in [0.15, 0.2) is 205 Å². The number of hydrogen-bond acceptors (Lipinski definition) is 2. The number of anilines is 3. The van der Waals surface area contributed by atoms with Gasteiger partial charge in [-0.1, -0.05) is 184 Å². The molecule has 1 aliphatic carbocycles. The van der Waals surface area contributed by atoms with Crippen LogP contribution in [-0.2, 0) is 5.41 Å². The molecule has 0 saturated carbocycles. The van der Waals surface area contributed by atoms with E-state index in [1.54, 1.807) is 0 Å². The van der Waals surface area contributed by atoms with Gasteiger partial charge in [0.1, 0.15) is 11.2 Å². The molecule has 57 heavy (non-hydrogen) atoms. The smallest absolute Gasteiger partial charge is 0.143 e. The summed E-state index contributed by atoms with van der Waals surface area (Å²) in [6.45, 7) is 4.71. The van der Waals surface area contributed by atoms with Crippen molar-refractivity contribution in [2.24, 2.45) is 0 Å². The minimum Gasteiger partial charge on any atom is -0.455 e. The van der Waals surface area contributed by atoms with Gasteiger partial charge >= 0.3 is 0 Å². The molecule has 1 heterocycles. The van der Waals surface area contributed by atoms with Crippen molar-refractivity contribution in [3.8, 4) is 44.5 Å². The van der Waals surface area contributed by atoms with Gasteiger partial charge in [-0.25, -0.2) is 0 Å². The van der Waals surface area contributed by atoms with Crippen molar-refractivity contribution in [1.82, 2.24) is 0 Å². The van der Waals surface area contributed by atoms with Crippen LogP contribution in [0.1, 0.15) is 25.0 Å². The predicted molar refractivity (Wildman–Crippen MR) is 240 cm³/mol. The molecule has 0 radical (unpaired) electrons. The topological polar surface area (TPSA) is 16.4 Å². The Hall–Kier alpha value is -7.16. The van der Waals surface area contributed by atoms with Gasteiger partial charge in [0.2, 0.25) is 0 Å². The first-order valence-electron chi connectivity index (χ1n) is 19.8. The van der Waals surface area contributed by atoms with Crippen LogP contribution in [0.2, 0.25) is 0 Å². The first kappa shape index (κ1) is 33.2. The molecule has 2 heteroatoms. The zero-order valence-electron chi connectivity index (χ0n) is 31.9. The summed E-state index contributed by atoms with van der Waals surface area (Å²) in [5.74, 6) is 0. The fourth-order valence-corrected chi connectivity index (χ4v) is 9.47. The summed E-state index contributed by atoms with van der Waals surface area (Å²) >= 11 is 0. The van der Waals surface area contributed by atoms with Crippen molar-refractivity contribution in [3.05, 3.63) is 211 Å². The molecule has 1 aliphatic rings. The molecule has 9 aromatic carbocycles. The number of benzene rings is 9. The Morgan fingerprint density at radius 1 is 0.386 bits per heavy atom. The lowest BCUT2D eigenvalue weighted by molar-refractivity contribution is 0.660. The number of fused-ring (bicyclic) bond motifs is 8. The highest BCUT2D eigenvalue weighted by Crippen LogP contribution is 2.55. The SMILES string of the molecule is CC1(C)c2ccccc2-c2c(-c3ccccc3N(c3ccccc3-c3ccccc3)c3ccccc3-c3cccc4oc5c6ccccc6ccc5c34)cccc21. The van der Waals surface area contributed by atoms with E-state index in [1.807, 2.05) is 0 Å². The number of rotatable bonds is 6. The second-order valence-electron chi connectivity index (χ2n) is 15.6. The molecule has 0 amide bonds. The largest absolute Gasteiger partial charge is 0.455 e. The zero-order valence-corrected chi connectivity index (χ0v) is 31.9. The van der Waals surface area contributed by atoms with Gasteiger partial charge in [0.15, 0.2) is 0 Å². The summed E-state index contributed by atoms with van der Waals surface area (Å²) in [5, 5.41) is 4.53. The summed E-state index contributed by atoms with van der Waals surface area (Å²) in [4.78, 5) is 2.49. The molecule has 0 bridgehead atoms. The monoisotopic (exact) mass is 729 g/mol. The van der Waals surface area contributed by atoms with Gasteiger partial charge in [-0.3, -0.25) is 0 Å². The summed E-state index contributed by atoms with van der Waals surface area (Å²) in [7, 11) is 0. The minimum atomic E-state index is -0.111. The molecule has 0 spiro atoms. The fraction of sp³-hybridized carbons (Fsp3) is 0.0545. The van der Waals surface area contributed by atoms with Crippen molar-refractivity contribution >= 4 is 49.8 Å². The van der Waals surface area contributed by atoms with Crippen molar-refractivity contribution in [1.29, 1.82) is 0 Å². The van der Waals surface area contributed by atoms with Gasteiger partial charge in [-0.05, 0) is 74.7 Å². The summed E-state index contributed by atoms with van der Waals surface area (Å²) in [5.41, 5.74) is 17.3. The average molecular weight is 730 g/mol. The Morgan fingerprint density at radius 2 is 0.930 bits per heavy atom. The molecule has 0 aliphatic heterocycles. The number of hydrogen-bond donors (Lipinski definition) is 0.